The molecule has 6 nitrogen and oxygen atoms in total. The Labute approximate surface area is 76.1 Å². The van der Waals surface area contributed by atoms with Gasteiger partial charge in [-0.3, -0.25) is 10.4 Å². The molecule has 2 aliphatic heterocycles. The van der Waals surface area contributed by atoms with E-state index in [1.807, 2.05) is 11.9 Å². The molecule has 0 radical (unpaired) electrons. The maximum Gasteiger partial charge on any atom is 0.166 e. The van der Waals surface area contributed by atoms with Gasteiger partial charge in [0.2, 0.25) is 0 Å². The molecule has 2 atom stereocenters. The predicted molar refractivity (Wildman–Crippen MR) is 48.0 cm³/mol. The summed E-state index contributed by atoms with van der Waals surface area (Å²) in [6.07, 6.45) is 0. The topological polar surface area (TPSA) is 88.9 Å². The summed E-state index contributed by atoms with van der Waals surface area (Å²) in [6, 6.07) is 0.234. The largest absolute Gasteiger partial charge is 0.381 e. The molecule has 0 aromatic carbocycles. The zero-order valence-corrected chi connectivity index (χ0v) is 7.44. The summed E-state index contributed by atoms with van der Waals surface area (Å²) in [4.78, 5) is 6.14. The van der Waals surface area contributed by atoms with Crippen LogP contribution in [-0.2, 0) is 0 Å². The van der Waals surface area contributed by atoms with E-state index in [1.54, 1.807) is 0 Å². The Morgan fingerprint density at radius 2 is 2.38 bits per heavy atom. The lowest BCUT2D eigenvalue weighted by atomic mass is 10.2. The quantitative estimate of drug-likeness (QED) is 0.348. The molecule has 6 heteroatoms. The summed E-state index contributed by atoms with van der Waals surface area (Å²) in [5.74, 6) is 0.546. The predicted octanol–water partition coefficient (Wildman–Crippen LogP) is -1.29. The molecular formula is C7H13N5O. The van der Waals surface area contributed by atoms with Gasteiger partial charge in [0, 0.05) is 20.1 Å². The van der Waals surface area contributed by atoms with Crippen molar-refractivity contribution >= 4 is 11.7 Å². The van der Waals surface area contributed by atoms with E-state index in [0.29, 0.717) is 18.9 Å². The van der Waals surface area contributed by atoms with E-state index in [4.69, 9.17) is 11.1 Å². The van der Waals surface area contributed by atoms with Crippen LogP contribution in [0.2, 0.25) is 0 Å². The molecule has 0 bridgehead atoms. The second-order valence-corrected chi connectivity index (χ2v) is 3.48. The first-order valence-electron chi connectivity index (χ1n) is 4.18. The van der Waals surface area contributed by atoms with Gasteiger partial charge in [0.05, 0.1) is 12.1 Å². The molecule has 4 N–H and O–H groups in total. The summed E-state index contributed by atoms with van der Waals surface area (Å²) in [6.45, 7) is 1.10. The number of nitrogens with one attached hydrogen (secondary N) is 1. The van der Waals surface area contributed by atoms with E-state index in [1.165, 1.54) is 5.06 Å². The highest BCUT2D eigenvalue weighted by Crippen LogP contribution is 2.22. The van der Waals surface area contributed by atoms with Crippen molar-refractivity contribution in [3.63, 3.8) is 0 Å². The van der Waals surface area contributed by atoms with E-state index in [2.05, 4.69) is 4.99 Å². The fraction of sp³-hybridized carbons (Fsp3) is 0.714. The Morgan fingerprint density at radius 3 is 2.92 bits per heavy atom. The Hall–Kier alpha value is -1.14. The third kappa shape index (κ3) is 1.18. The molecule has 2 rings (SSSR count). The maximum atomic E-state index is 9.23. The molecule has 1 saturated heterocycles. The van der Waals surface area contributed by atoms with E-state index in [-0.39, 0.29) is 17.9 Å². The molecule has 0 aromatic heterocycles. The summed E-state index contributed by atoms with van der Waals surface area (Å²) in [5.41, 5.74) is 5.36. The molecule has 2 unspecified atom stereocenters. The summed E-state index contributed by atoms with van der Waals surface area (Å²) >= 11 is 0. The third-order valence-corrected chi connectivity index (χ3v) is 2.60. The zero-order valence-electron chi connectivity index (χ0n) is 7.44. The highest BCUT2D eigenvalue weighted by molar-refractivity contribution is 6.39. The Morgan fingerprint density at radius 1 is 1.69 bits per heavy atom. The molecule has 13 heavy (non-hydrogen) atoms. The highest BCUT2D eigenvalue weighted by atomic mass is 16.5. The van der Waals surface area contributed by atoms with Crippen LogP contribution < -0.4 is 5.73 Å². The molecule has 2 aliphatic rings. The first-order valence-corrected chi connectivity index (χ1v) is 4.18. The molecule has 0 aliphatic carbocycles. The van der Waals surface area contributed by atoms with Crippen molar-refractivity contribution in [3.8, 4) is 0 Å². The fourth-order valence-corrected chi connectivity index (χ4v) is 1.92. The van der Waals surface area contributed by atoms with Crippen LogP contribution in [-0.4, -0.2) is 59.1 Å². The van der Waals surface area contributed by atoms with Crippen LogP contribution in [0.3, 0.4) is 0 Å². The maximum absolute atomic E-state index is 9.23. The average molecular weight is 183 g/mol. The first-order chi connectivity index (χ1) is 6.09. The van der Waals surface area contributed by atoms with E-state index < -0.39 is 0 Å². The van der Waals surface area contributed by atoms with Gasteiger partial charge < -0.3 is 15.8 Å². The van der Waals surface area contributed by atoms with Crippen LogP contribution in [0.4, 0.5) is 0 Å². The van der Waals surface area contributed by atoms with Crippen molar-refractivity contribution in [1.82, 2.24) is 9.96 Å². The Bertz CT molecular complexity index is 276. The van der Waals surface area contributed by atoms with E-state index in [9.17, 15) is 5.21 Å². The van der Waals surface area contributed by atoms with Gasteiger partial charge in [-0.2, -0.15) is 5.06 Å². The van der Waals surface area contributed by atoms with Gasteiger partial charge in [-0.05, 0) is 0 Å². The van der Waals surface area contributed by atoms with Crippen LogP contribution >= 0.6 is 0 Å². The number of hydroxylamine groups is 2. The smallest absolute Gasteiger partial charge is 0.166 e. The van der Waals surface area contributed by atoms with Crippen molar-refractivity contribution in [2.24, 2.45) is 10.7 Å². The fourth-order valence-electron chi connectivity index (χ4n) is 1.92. The number of likely N-dealkylation sites (N-methyl/N-ethyl adjacent to an activating group) is 1. The van der Waals surface area contributed by atoms with E-state index in [0.717, 1.165) is 0 Å². The van der Waals surface area contributed by atoms with Crippen LogP contribution in [0.5, 0.6) is 0 Å². The number of aliphatic imine (C=N–C) groups is 1. The minimum atomic E-state index is 0.00129. The van der Waals surface area contributed by atoms with Crippen molar-refractivity contribution in [3.05, 3.63) is 0 Å². The second-order valence-electron chi connectivity index (χ2n) is 3.48. The highest BCUT2D eigenvalue weighted by Gasteiger charge is 2.41. The summed E-state index contributed by atoms with van der Waals surface area (Å²) in [7, 11) is 1.85. The zero-order chi connectivity index (χ0) is 9.59. The minimum Gasteiger partial charge on any atom is -0.381 e. The summed E-state index contributed by atoms with van der Waals surface area (Å²) in [5, 5.41) is 17.8. The number of hydrogen-bond donors (Lipinski definition) is 3. The number of nitrogens with zero attached hydrogens (tertiary/aromatic N) is 3. The molecular weight excluding hydrogens is 170 g/mol. The van der Waals surface area contributed by atoms with Gasteiger partial charge in [0.15, 0.2) is 11.7 Å². The van der Waals surface area contributed by atoms with Crippen LogP contribution in [0.15, 0.2) is 4.99 Å². The SMILES string of the molecule is CN1C(C(=N)N)=NC2CN(O)CC21. The number of amidine groups is 2. The molecule has 0 amide bonds. The summed E-state index contributed by atoms with van der Waals surface area (Å²) < 4.78 is 0. The number of rotatable bonds is 1. The molecule has 0 spiro atoms. The monoisotopic (exact) mass is 183 g/mol. The van der Waals surface area contributed by atoms with Crippen molar-refractivity contribution in [2.75, 3.05) is 20.1 Å². The lowest BCUT2D eigenvalue weighted by Gasteiger charge is -2.21. The van der Waals surface area contributed by atoms with Crippen LogP contribution in [0.25, 0.3) is 0 Å². The van der Waals surface area contributed by atoms with Crippen LogP contribution in [0, 0.1) is 5.41 Å². The Balaban J connectivity index is 2.20. The normalized spacial score (nSPS) is 33.4. The third-order valence-electron chi connectivity index (χ3n) is 2.60. The van der Waals surface area contributed by atoms with Gasteiger partial charge in [-0.15, -0.1) is 0 Å². The van der Waals surface area contributed by atoms with Gasteiger partial charge in [-0.25, -0.2) is 0 Å². The van der Waals surface area contributed by atoms with Crippen LogP contribution in [0.1, 0.15) is 0 Å². The molecule has 0 saturated carbocycles. The Kier molecular flexibility index (Phi) is 1.74. The lowest BCUT2D eigenvalue weighted by molar-refractivity contribution is -0.0724. The van der Waals surface area contributed by atoms with Gasteiger partial charge in [-0.1, -0.05) is 0 Å². The lowest BCUT2D eigenvalue weighted by Crippen LogP contribution is -2.42. The molecule has 0 aromatic rings. The number of nitrogens with two attached hydrogens (primary N) is 1. The minimum absolute atomic E-state index is 0.00129. The van der Waals surface area contributed by atoms with Crippen molar-refractivity contribution < 1.29 is 5.21 Å². The van der Waals surface area contributed by atoms with Gasteiger partial charge >= 0.3 is 0 Å². The molecule has 72 valence electrons. The first kappa shape index (κ1) is 8.46. The van der Waals surface area contributed by atoms with Gasteiger partial charge in [0.1, 0.15) is 0 Å². The number of hydrogen-bond acceptors (Lipinski definition) is 5. The number of fused-ring (bicyclic) bond motifs is 1. The van der Waals surface area contributed by atoms with Gasteiger partial charge in [0.25, 0.3) is 0 Å². The van der Waals surface area contributed by atoms with E-state index >= 15 is 0 Å². The average Bonchev–Trinajstić information content (AvgIpc) is 2.51. The second kappa shape index (κ2) is 2.68. The van der Waals surface area contributed by atoms with Crippen molar-refractivity contribution in [2.45, 2.75) is 12.1 Å². The standard InChI is InChI=1S/C7H13N5O/c1-11-5-3-12(13)2-4(5)10-7(11)6(8)9/h4-5,13H,2-3H2,1H3,(H3,8,9). The van der Waals surface area contributed by atoms with Crippen molar-refractivity contribution in [1.29, 1.82) is 5.41 Å². The molecule has 2 heterocycles. The molecule has 1 fully saturated rings.